The normalized spacial score (nSPS) is 18.3. The summed E-state index contributed by atoms with van der Waals surface area (Å²) >= 11 is 0. The van der Waals surface area contributed by atoms with Gasteiger partial charge in [-0.15, -0.1) is 0 Å². The standard InChI is InChI=1S/C18H26N4O2/c1-12-9-16(15(10-19)14(3)20-12)21-7-8-22(13(2)11-21)17(23)24-18(4,5)6/h9,13H,7-8,11H2,1-6H3/t13-/m1/s1. The molecular formula is C18H26N4O2. The number of ether oxygens (including phenoxy) is 1. The molecule has 0 spiro atoms. The average Bonchev–Trinajstić information content (AvgIpc) is 2.44. The molecule has 0 aliphatic carbocycles. The number of carbonyl (C=O) groups excluding carboxylic acids is 1. The van der Waals surface area contributed by atoms with Crippen LogP contribution < -0.4 is 4.90 Å². The lowest BCUT2D eigenvalue weighted by Crippen LogP contribution is -2.55. The molecule has 2 heterocycles. The van der Waals surface area contributed by atoms with Crippen molar-refractivity contribution >= 4 is 11.8 Å². The SMILES string of the molecule is Cc1cc(N2CCN(C(=O)OC(C)(C)C)[C@H](C)C2)c(C#N)c(C)n1. The minimum atomic E-state index is -0.499. The van der Waals surface area contributed by atoms with Crippen LogP contribution in [-0.2, 0) is 4.74 Å². The van der Waals surface area contributed by atoms with Gasteiger partial charge < -0.3 is 14.5 Å². The van der Waals surface area contributed by atoms with Crippen LogP contribution in [0.1, 0.15) is 44.6 Å². The number of nitrogens with zero attached hydrogens (tertiary/aromatic N) is 4. The van der Waals surface area contributed by atoms with Crippen LogP contribution in [0.25, 0.3) is 0 Å². The Bertz CT molecular complexity index is 673. The van der Waals surface area contributed by atoms with Gasteiger partial charge in [0.15, 0.2) is 0 Å². The Morgan fingerprint density at radius 3 is 2.58 bits per heavy atom. The first kappa shape index (κ1) is 18.1. The first-order chi connectivity index (χ1) is 11.1. The number of nitriles is 1. The van der Waals surface area contributed by atoms with E-state index in [-0.39, 0.29) is 12.1 Å². The van der Waals surface area contributed by atoms with Gasteiger partial charge in [0.25, 0.3) is 0 Å². The fourth-order valence-electron chi connectivity index (χ4n) is 2.96. The van der Waals surface area contributed by atoms with Gasteiger partial charge in [0.2, 0.25) is 0 Å². The molecule has 6 nitrogen and oxygen atoms in total. The van der Waals surface area contributed by atoms with E-state index in [2.05, 4.69) is 16.0 Å². The summed E-state index contributed by atoms with van der Waals surface area (Å²) < 4.78 is 5.48. The minimum absolute atomic E-state index is 0.00826. The molecule has 1 aliphatic heterocycles. The van der Waals surface area contributed by atoms with Crippen molar-refractivity contribution < 1.29 is 9.53 Å². The van der Waals surface area contributed by atoms with Crippen LogP contribution in [0.15, 0.2) is 6.07 Å². The van der Waals surface area contributed by atoms with Crippen molar-refractivity contribution in [1.82, 2.24) is 9.88 Å². The van der Waals surface area contributed by atoms with E-state index >= 15 is 0 Å². The highest BCUT2D eigenvalue weighted by Gasteiger charge is 2.31. The Morgan fingerprint density at radius 2 is 2.04 bits per heavy atom. The zero-order valence-corrected chi connectivity index (χ0v) is 15.4. The fraction of sp³-hybridized carbons (Fsp3) is 0.611. The van der Waals surface area contributed by atoms with Gasteiger partial charge in [-0.2, -0.15) is 5.26 Å². The molecule has 0 radical (unpaired) electrons. The van der Waals surface area contributed by atoms with Crippen LogP contribution in [0.2, 0.25) is 0 Å². The largest absolute Gasteiger partial charge is 0.444 e. The van der Waals surface area contributed by atoms with Crippen molar-refractivity contribution in [1.29, 1.82) is 5.26 Å². The first-order valence-corrected chi connectivity index (χ1v) is 8.25. The highest BCUT2D eigenvalue weighted by atomic mass is 16.6. The lowest BCUT2D eigenvalue weighted by atomic mass is 10.1. The van der Waals surface area contributed by atoms with E-state index in [0.29, 0.717) is 25.2 Å². The number of hydrogen-bond donors (Lipinski definition) is 0. The third kappa shape index (κ3) is 3.97. The zero-order chi connectivity index (χ0) is 18.1. The lowest BCUT2D eigenvalue weighted by molar-refractivity contribution is 0.0159. The molecule has 1 aromatic heterocycles. The molecule has 1 aromatic rings. The van der Waals surface area contributed by atoms with E-state index in [1.165, 1.54) is 0 Å². The molecule has 1 saturated heterocycles. The smallest absolute Gasteiger partial charge is 0.410 e. The summed E-state index contributed by atoms with van der Waals surface area (Å²) in [6.45, 7) is 13.3. The quantitative estimate of drug-likeness (QED) is 0.791. The van der Waals surface area contributed by atoms with E-state index < -0.39 is 5.60 Å². The van der Waals surface area contributed by atoms with Crippen molar-refractivity contribution in [2.45, 2.75) is 53.2 Å². The highest BCUT2D eigenvalue weighted by molar-refractivity contribution is 5.69. The van der Waals surface area contributed by atoms with Crippen molar-refractivity contribution in [3.05, 3.63) is 23.0 Å². The highest BCUT2D eigenvalue weighted by Crippen LogP contribution is 2.26. The number of aromatic nitrogens is 1. The summed E-state index contributed by atoms with van der Waals surface area (Å²) in [5, 5.41) is 9.45. The average molecular weight is 330 g/mol. The molecule has 1 atom stereocenters. The molecule has 0 bridgehead atoms. The van der Waals surface area contributed by atoms with E-state index in [9.17, 15) is 10.1 Å². The topological polar surface area (TPSA) is 69.5 Å². The number of piperazine rings is 1. The molecule has 24 heavy (non-hydrogen) atoms. The number of rotatable bonds is 1. The predicted octanol–water partition coefficient (Wildman–Crippen LogP) is 3.02. The lowest BCUT2D eigenvalue weighted by Gasteiger charge is -2.41. The maximum Gasteiger partial charge on any atom is 0.410 e. The van der Waals surface area contributed by atoms with Crippen LogP contribution in [0, 0.1) is 25.2 Å². The van der Waals surface area contributed by atoms with Crippen LogP contribution in [0.4, 0.5) is 10.5 Å². The van der Waals surface area contributed by atoms with Crippen LogP contribution >= 0.6 is 0 Å². The Kier molecular flexibility index (Phi) is 5.02. The Labute approximate surface area is 144 Å². The van der Waals surface area contributed by atoms with Crippen molar-refractivity contribution in [2.24, 2.45) is 0 Å². The van der Waals surface area contributed by atoms with E-state index in [1.54, 1.807) is 4.90 Å². The Balaban J connectivity index is 2.17. The third-order valence-electron chi connectivity index (χ3n) is 4.02. The molecule has 0 N–H and O–H groups in total. The number of hydrogen-bond acceptors (Lipinski definition) is 5. The Hall–Kier alpha value is -2.29. The van der Waals surface area contributed by atoms with Gasteiger partial charge in [-0.3, -0.25) is 4.98 Å². The summed E-state index contributed by atoms with van der Waals surface area (Å²) in [5.74, 6) is 0. The maximum absolute atomic E-state index is 12.3. The van der Waals surface area contributed by atoms with E-state index in [0.717, 1.165) is 17.1 Å². The molecule has 0 saturated carbocycles. The molecule has 1 fully saturated rings. The molecule has 0 unspecified atom stereocenters. The number of anilines is 1. The van der Waals surface area contributed by atoms with Gasteiger partial charge in [-0.25, -0.2) is 4.79 Å². The van der Waals surface area contributed by atoms with Gasteiger partial charge in [0, 0.05) is 31.4 Å². The number of aryl methyl sites for hydroxylation is 2. The summed E-state index contributed by atoms with van der Waals surface area (Å²) in [6.07, 6.45) is -0.280. The minimum Gasteiger partial charge on any atom is -0.444 e. The summed E-state index contributed by atoms with van der Waals surface area (Å²) in [4.78, 5) is 20.6. The molecule has 6 heteroatoms. The maximum atomic E-state index is 12.3. The second-order valence-electron chi connectivity index (χ2n) is 7.32. The van der Waals surface area contributed by atoms with E-state index in [1.807, 2.05) is 47.6 Å². The monoisotopic (exact) mass is 330 g/mol. The number of pyridine rings is 1. The molecule has 2 rings (SSSR count). The second kappa shape index (κ2) is 6.68. The van der Waals surface area contributed by atoms with Gasteiger partial charge in [-0.05, 0) is 47.6 Å². The summed E-state index contributed by atoms with van der Waals surface area (Å²) in [6, 6.07) is 4.21. The zero-order valence-electron chi connectivity index (χ0n) is 15.4. The Morgan fingerprint density at radius 1 is 1.38 bits per heavy atom. The molecule has 130 valence electrons. The van der Waals surface area contributed by atoms with Gasteiger partial charge in [0.05, 0.1) is 16.9 Å². The second-order valence-corrected chi connectivity index (χ2v) is 7.32. The van der Waals surface area contributed by atoms with Gasteiger partial charge in [0.1, 0.15) is 11.7 Å². The van der Waals surface area contributed by atoms with Crippen molar-refractivity contribution in [3.8, 4) is 6.07 Å². The third-order valence-corrected chi connectivity index (χ3v) is 4.02. The number of amides is 1. The van der Waals surface area contributed by atoms with Crippen molar-refractivity contribution in [2.75, 3.05) is 24.5 Å². The summed E-state index contributed by atoms with van der Waals surface area (Å²) in [5.41, 5.74) is 2.65. The molecule has 0 aromatic carbocycles. The van der Waals surface area contributed by atoms with Gasteiger partial charge in [-0.1, -0.05) is 0 Å². The van der Waals surface area contributed by atoms with Gasteiger partial charge >= 0.3 is 6.09 Å². The van der Waals surface area contributed by atoms with Crippen LogP contribution in [0.3, 0.4) is 0 Å². The molecular weight excluding hydrogens is 304 g/mol. The van der Waals surface area contributed by atoms with Crippen LogP contribution in [-0.4, -0.2) is 47.3 Å². The fourth-order valence-corrected chi connectivity index (χ4v) is 2.96. The predicted molar refractivity (Wildman–Crippen MR) is 93.0 cm³/mol. The first-order valence-electron chi connectivity index (χ1n) is 8.25. The van der Waals surface area contributed by atoms with Crippen LogP contribution in [0.5, 0.6) is 0 Å². The number of carbonyl (C=O) groups is 1. The summed E-state index contributed by atoms with van der Waals surface area (Å²) in [7, 11) is 0. The molecule has 1 aliphatic rings. The molecule has 1 amide bonds. The van der Waals surface area contributed by atoms with Crippen molar-refractivity contribution in [3.63, 3.8) is 0 Å². The van der Waals surface area contributed by atoms with E-state index in [4.69, 9.17) is 4.74 Å².